The minimum absolute atomic E-state index is 0.0431. The number of aliphatic carboxylic acids is 1. The van der Waals surface area contributed by atoms with E-state index < -0.39 is 5.97 Å². The number of carbonyl (C=O) groups excluding carboxylic acids is 1. The molecule has 0 unspecified atom stereocenters. The van der Waals surface area contributed by atoms with Gasteiger partial charge in [-0.1, -0.05) is 23.1 Å². The summed E-state index contributed by atoms with van der Waals surface area (Å²) in [5, 5.41) is 19.2. The second kappa shape index (κ2) is 5.46. The molecular weight excluding hydrogens is 262 g/mol. The predicted octanol–water partition coefficient (Wildman–Crippen LogP) is 1.45. The van der Waals surface area contributed by atoms with E-state index in [4.69, 9.17) is 5.11 Å². The third-order valence-electron chi connectivity index (χ3n) is 2.14. The van der Waals surface area contributed by atoms with Crippen LogP contribution in [-0.4, -0.2) is 32.9 Å². The van der Waals surface area contributed by atoms with Crippen molar-refractivity contribution in [3.05, 3.63) is 0 Å². The van der Waals surface area contributed by atoms with Crippen molar-refractivity contribution < 1.29 is 14.7 Å². The Morgan fingerprint density at radius 1 is 1.47 bits per heavy atom. The maximum absolute atomic E-state index is 11.5. The molecule has 8 heteroatoms. The minimum atomic E-state index is -0.899. The molecule has 2 N–H and O–H groups in total. The summed E-state index contributed by atoms with van der Waals surface area (Å²) in [5.41, 5.74) is 0. The highest BCUT2D eigenvalue weighted by Crippen LogP contribution is 2.33. The maximum atomic E-state index is 11.5. The highest BCUT2D eigenvalue weighted by molar-refractivity contribution is 8.01. The van der Waals surface area contributed by atoms with E-state index in [-0.39, 0.29) is 11.7 Å². The predicted molar refractivity (Wildman–Crippen MR) is 64.2 cm³/mol. The topological polar surface area (TPSA) is 92.2 Å². The summed E-state index contributed by atoms with van der Waals surface area (Å²) in [4.78, 5) is 21.8. The van der Waals surface area contributed by atoms with Crippen molar-refractivity contribution in [2.75, 3.05) is 11.1 Å². The van der Waals surface area contributed by atoms with Crippen LogP contribution in [-0.2, 0) is 9.59 Å². The van der Waals surface area contributed by atoms with Gasteiger partial charge in [-0.2, -0.15) is 0 Å². The highest BCUT2D eigenvalue weighted by Gasteiger charge is 2.24. The van der Waals surface area contributed by atoms with Gasteiger partial charge in [0.2, 0.25) is 11.0 Å². The zero-order valence-corrected chi connectivity index (χ0v) is 10.5. The number of amides is 1. The van der Waals surface area contributed by atoms with Crippen LogP contribution in [0.3, 0.4) is 0 Å². The Kier molecular flexibility index (Phi) is 3.95. The first kappa shape index (κ1) is 12.3. The Labute approximate surface area is 106 Å². The van der Waals surface area contributed by atoms with Crippen LogP contribution < -0.4 is 5.32 Å². The smallest absolute Gasteiger partial charge is 0.313 e. The van der Waals surface area contributed by atoms with Gasteiger partial charge in [0.05, 0.1) is 5.75 Å². The lowest BCUT2D eigenvalue weighted by molar-refractivity contribution is -0.133. The SMILES string of the molecule is O=C(O)CSc1nnc(NC(=O)CC2CC2)s1. The number of aromatic nitrogens is 2. The van der Waals surface area contributed by atoms with Crippen molar-refractivity contribution in [3.63, 3.8) is 0 Å². The van der Waals surface area contributed by atoms with Crippen LogP contribution >= 0.6 is 23.1 Å². The van der Waals surface area contributed by atoms with E-state index in [0.717, 1.165) is 24.6 Å². The van der Waals surface area contributed by atoms with Crippen molar-refractivity contribution in [2.24, 2.45) is 5.92 Å². The number of nitrogens with one attached hydrogen (secondary N) is 1. The number of thioether (sulfide) groups is 1. The van der Waals surface area contributed by atoms with Gasteiger partial charge in [-0.05, 0) is 18.8 Å². The van der Waals surface area contributed by atoms with E-state index in [0.29, 0.717) is 21.8 Å². The van der Waals surface area contributed by atoms with E-state index in [2.05, 4.69) is 15.5 Å². The molecule has 2 rings (SSSR count). The summed E-state index contributed by atoms with van der Waals surface area (Å²) in [6.45, 7) is 0. The van der Waals surface area contributed by atoms with E-state index in [9.17, 15) is 9.59 Å². The van der Waals surface area contributed by atoms with Crippen molar-refractivity contribution in [2.45, 2.75) is 23.6 Å². The van der Waals surface area contributed by atoms with Crippen LogP contribution in [0.4, 0.5) is 5.13 Å². The van der Waals surface area contributed by atoms with Gasteiger partial charge in [0.15, 0.2) is 4.34 Å². The Hall–Kier alpha value is -1.15. The van der Waals surface area contributed by atoms with Crippen LogP contribution in [0.15, 0.2) is 4.34 Å². The second-order valence-electron chi connectivity index (χ2n) is 3.75. The van der Waals surface area contributed by atoms with Gasteiger partial charge >= 0.3 is 5.97 Å². The number of hydrogen-bond acceptors (Lipinski definition) is 6. The molecule has 0 aliphatic heterocycles. The van der Waals surface area contributed by atoms with Gasteiger partial charge in [0.25, 0.3) is 0 Å². The number of carboxylic acid groups (broad SMARTS) is 1. The van der Waals surface area contributed by atoms with Crippen LogP contribution in [0.25, 0.3) is 0 Å². The number of hydrogen-bond donors (Lipinski definition) is 2. The van der Waals surface area contributed by atoms with Crippen molar-refractivity contribution in [3.8, 4) is 0 Å². The maximum Gasteiger partial charge on any atom is 0.313 e. The van der Waals surface area contributed by atoms with Crippen LogP contribution in [0, 0.1) is 5.92 Å². The largest absolute Gasteiger partial charge is 0.481 e. The Balaban J connectivity index is 1.80. The summed E-state index contributed by atoms with van der Waals surface area (Å²) in [6.07, 6.45) is 2.80. The third kappa shape index (κ3) is 4.31. The van der Waals surface area contributed by atoms with Crippen molar-refractivity contribution in [1.29, 1.82) is 0 Å². The quantitative estimate of drug-likeness (QED) is 0.602. The Bertz CT molecular complexity index is 431. The van der Waals surface area contributed by atoms with Gasteiger partial charge in [0.1, 0.15) is 0 Å². The number of nitrogens with zero attached hydrogens (tertiary/aromatic N) is 2. The number of carbonyl (C=O) groups is 2. The minimum Gasteiger partial charge on any atom is -0.481 e. The molecule has 1 aromatic rings. The van der Waals surface area contributed by atoms with Crippen LogP contribution in [0.5, 0.6) is 0 Å². The summed E-state index contributed by atoms with van der Waals surface area (Å²) < 4.78 is 0.550. The molecule has 0 radical (unpaired) electrons. The monoisotopic (exact) mass is 273 g/mol. The van der Waals surface area contributed by atoms with Gasteiger partial charge < -0.3 is 10.4 Å². The zero-order chi connectivity index (χ0) is 12.3. The molecule has 1 heterocycles. The molecule has 17 heavy (non-hydrogen) atoms. The van der Waals surface area contributed by atoms with Gasteiger partial charge in [-0.25, -0.2) is 0 Å². The molecule has 0 spiro atoms. The molecule has 1 amide bonds. The fourth-order valence-electron chi connectivity index (χ4n) is 1.20. The first-order chi connectivity index (χ1) is 8.13. The molecule has 0 atom stereocenters. The molecule has 92 valence electrons. The number of rotatable bonds is 6. The summed E-state index contributed by atoms with van der Waals surface area (Å²) >= 11 is 2.29. The van der Waals surface area contributed by atoms with E-state index in [1.807, 2.05) is 0 Å². The van der Waals surface area contributed by atoms with E-state index >= 15 is 0 Å². The molecule has 0 saturated heterocycles. The van der Waals surface area contributed by atoms with Crippen LogP contribution in [0.1, 0.15) is 19.3 Å². The fraction of sp³-hybridized carbons (Fsp3) is 0.556. The molecule has 1 aromatic heterocycles. The molecular formula is C9H11N3O3S2. The lowest BCUT2D eigenvalue weighted by Crippen LogP contribution is -2.11. The van der Waals surface area contributed by atoms with Gasteiger partial charge in [-0.3, -0.25) is 9.59 Å². The molecule has 1 aliphatic carbocycles. The van der Waals surface area contributed by atoms with Gasteiger partial charge in [-0.15, -0.1) is 10.2 Å². The normalized spacial score (nSPS) is 14.6. The van der Waals surface area contributed by atoms with E-state index in [1.54, 1.807) is 0 Å². The lowest BCUT2D eigenvalue weighted by atomic mass is 10.3. The zero-order valence-electron chi connectivity index (χ0n) is 8.88. The molecule has 1 aliphatic rings. The molecule has 1 fully saturated rings. The third-order valence-corrected chi connectivity index (χ3v) is 4.10. The molecule has 0 aromatic carbocycles. The van der Waals surface area contributed by atoms with Crippen LogP contribution in [0.2, 0.25) is 0 Å². The summed E-state index contributed by atoms with van der Waals surface area (Å²) in [7, 11) is 0. The fourth-order valence-corrected chi connectivity index (χ4v) is 2.68. The summed E-state index contributed by atoms with van der Waals surface area (Å²) in [6, 6.07) is 0. The standard InChI is InChI=1S/C9H11N3O3S2/c13-6(3-5-1-2-5)10-8-11-12-9(17-8)16-4-7(14)15/h5H,1-4H2,(H,14,15)(H,10,11,13). The second-order valence-corrected chi connectivity index (χ2v) is 5.95. The Morgan fingerprint density at radius 3 is 2.88 bits per heavy atom. The number of carboxylic acids is 1. The van der Waals surface area contributed by atoms with Crippen molar-refractivity contribution in [1.82, 2.24) is 10.2 Å². The summed E-state index contributed by atoms with van der Waals surface area (Å²) in [5.74, 6) is -0.461. The first-order valence-corrected chi connectivity index (χ1v) is 6.91. The number of anilines is 1. The molecule has 0 bridgehead atoms. The van der Waals surface area contributed by atoms with Crippen molar-refractivity contribution >= 4 is 40.1 Å². The van der Waals surface area contributed by atoms with E-state index in [1.165, 1.54) is 11.3 Å². The highest BCUT2D eigenvalue weighted by atomic mass is 32.2. The molecule has 1 saturated carbocycles. The average Bonchev–Trinajstić information content (AvgIpc) is 2.94. The molecule has 6 nitrogen and oxygen atoms in total. The van der Waals surface area contributed by atoms with Gasteiger partial charge in [0, 0.05) is 6.42 Å². The first-order valence-electron chi connectivity index (χ1n) is 5.11. The Morgan fingerprint density at radius 2 is 2.24 bits per heavy atom. The lowest BCUT2D eigenvalue weighted by Gasteiger charge is -1.97. The average molecular weight is 273 g/mol.